The molecule has 1 fully saturated rings. The van der Waals surface area contributed by atoms with Crippen LogP contribution in [0.3, 0.4) is 0 Å². The van der Waals surface area contributed by atoms with E-state index in [9.17, 15) is 30.3 Å². The molecule has 0 amide bonds. The van der Waals surface area contributed by atoms with Crippen molar-refractivity contribution in [2.75, 3.05) is 20.3 Å². The van der Waals surface area contributed by atoms with Gasteiger partial charge < -0.3 is 44.5 Å². The van der Waals surface area contributed by atoms with E-state index in [1.165, 1.54) is 13.4 Å². The zero-order valence-electron chi connectivity index (χ0n) is 14.7. The first-order valence-corrected chi connectivity index (χ1v) is 8.62. The summed E-state index contributed by atoms with van der Waals surface area (Å²) in [5.41, 5.74) is 0.903. The van der Waals surface area contributed by atoms with Crippen LogP contribution < -0.4 is 0 Å². The molecule has 27 heavy (non-hydrogen) atoms. The van der Waals surface area contributed by atoms with Crippen molar-refractivity contribution < 1.29 is 49.3 Å². The van der Waals surface area contributed by atoms with Crippen LogP contribution in [0.4, 0.5) is 0 Å². The van der Waals surface area contributed by atoms with Crippen molar-refractivity contribution in [3.63, 3.8) is 0 Å². The lowest BCUT2D eigenvalue weighted by Gasteiger charge is -2.42. The van der Waals surface area contributed by atoms with E-state index in [2.05, 4.69) is 0 Å². The van der Waals surface area contributed by atoms with Gasteiger partial charge in [-0.2, -0.15) is 0 Å². The lowest BCUT2D eigenvalue weighted by atomic mass is 9.83. The number of aliphatic hydroxyl groups is 5. The molecule has 3 aliphatic rings. The molecule has 0 aromatic rings. The Balaban J connectivity index is 1.80. The fourth-order valence-electron chi connectivity index (χ4n) is 3.73. The first-order valence-electron chi connectivity index (χ1n) is 8.62. The number of fused-ring (bicyclic) bond motifs is 1. The Labute approximate surface area is 155 Å². The molecule has 0 bridgehead atoms. The Morgan fingerprint density at radius 2 is 1.93 bits per heavy atom. The highest BCUT2D eigenvalue weighted by molar-refractivity contribution is 5.89. The summed E-state index contributed by atoms with van der Waals surface area (Å²) < 4.78 is 21.3. The lowest BCUT2D eigenvalue weighted by Crippen LogP contribution is -2.60. The molecule has 0 unspecified atom stereocenters. The topological polar surface area (TPSA) is 155 Å². The minimum Gasteiger partial charge on any atom is -0.471 e. The van der Waals surface area contributed by atoms with Crippen molar-refractivity contribution in [2.24, 2.45) is 11.8 Å². The molecule has 1 saturated heterocycles. The van der Waals surface area contributed by atoms with Gasteiger partial charge in [0.2, 0.25) is 6.29 Å². The highest BCUT2D eigenvalue weighted by atomic mass is 16.8. The summed E-state index contributed by atoms with van der Waals surface area (Å²) in [5, 5.41) is 48.8. The van der Waals surface area contributed by atoms with Gasteiger partial charge in [0.15, 0.2) is 6.29 Å². The van der Waals surface area contributed by atoms with Crippen molar-refractivity contribution in [3.05, 3.63) is 23.5 Å². The summed E-state index contributed by atoms with van der Waals surface area (Å²) in [7, 11) is 1.25. The third kappa shape index (κ3) is 3.61. The second kappa shape index (κ2) is 8.23. The van der Waals surface area contributed by atoms with Crippen LogP contribution in [0, 0.1) is 11.8 Å². The van der Waals surface area contributed by atoms with Crippen molar-refractivity contribution >= 4 is 5.97 Å². The highest BCUT2D eigenvalue weighted by Gasteiger charge is 2.49. The molecule has 152 valence electrons. The van der Waals surface area contributed by atoms with Gasteiger partial charge in [0.05, 0.1) is 38.1 Å². The Bertz CT molecular complexity index is 615. The molecule has 2 heterocycles. The number of hydrogen-bond acceptors (Lipinski definition) is 10. The van der Waals surface area contributed by atoms with Crippen LogP contribution in [-0.2, 0) is 23.7 Å². The molecule has 10 heteroatoms. The number of rotatable bonds is 5. The SMILES string of the molecule is COC(=O)C1=CO[C@@H](O[C@H]2O[C@@H](CO)[C@H](O)[C@@H](O)[C@@H]2O)[C@@H]2C(CO)=CC[C@@H]12. The van der Waals surface area contributed by atoms with E-state index < -0.39 is 55.5 Å². The van der Waals surface area contributed by atoms with E-state index >= 15 is 0 Å². The van der Waals surface area contributed by atoms with Gasteiger partial charge >= 0.3 is 5.97 Å². The van der Waals surface area contributed by atoms with Crippen LogP contribution >= 0.6 is 0 Å². The molecule has 1 aliphatic carbocycles. The van der Waals surface area contributed by atoms with Gasteiger partial charge in [-0.05, 0) is 12.0 Å². The predicted octanol–water partition coefficient (Wildman–Crippen LogP) is -2.23. The number of aliphatic hydroxyl groups excluding tert-OH is 5. The Hall–Kier alpha value is -1.53. The normalized spacial score (nSPS) is 41.3. The molecule has 0 spiro atoms. The number of hydrogen-bond donors (Lipinski definition) is 5. The number of allylic oxidation sites excluding steroid dienone is 1. The molecule has 2 aliphatic heterocycles. The second-order valence-electron chi connectivity index (χ2n) is 6.71. The van der Waals surface area contributed by atoms with E-state index in [0.717, 1.165) is 0 Å². The first kappa shape index (κ1) is 20.2. The summed E-state index contributed by atoms with van der Waals surface area (Å²) in [6.45, 7) is -0.857. The average molecular weight is 388 g/mol. The second-order valence-corrected chi connectivity index (χ2v) is 6.71. The van der Waals surface area contributed by atoms with Gasteiger partial charge in [-0.3, -0.25) is 0 Å². The summed E-state index contributed by atoms with van der Waals surface area (Å²) in [5.74, 6) is -1.42. The van der Waals surface area contributed by atoms with Crippen molar-refractivity contribution in [3.8, 4) is 0 Å². The molecule has 0 saturated carbocycles. The molecular weight excluding hydrogens is 364 g/mol. The molecule has 8 atom stereocenters. The van der Waals surface area contributed by atoms with Gasteiger partial charge in [-0.15, -0.1) is 0 Å². The standard InChI is InChI=1S/C17H24O10/c1-24-15(23)9-6-25-16(11-7(4-18)2-3-8(9)11)27-17-14(22)13(21)12(20)10(5-19)26-17/h2,6,8,10-14,16-22H,3-5H2,1H3/t8-,10-,11+,12-,13+,14-,16-,17+/m0/s1. The zero-order valence-corrected chi connectivity index (χ0v) is 14.7. The van der Waals surface area contributed by atoms with Crippen LogP contribution in [0.1, 0.15) is 6.42 Å². The van der Waals surface area contributed by atoms with E-state index in [-0.39, 0.29) is 12.5 Å². The van der Waals surface area contributed by atoms with Crippen LogP contribution in [0.25, 0.3) is 0 Å². The molecular formula is C17H24O10. The predicted molar refractivity (Wildman–Crippen MR) is 86.6 cm³/mol. The summed E-state index contributed by atoms with van der Waals surface area (Å²) in [6.07, 6.45) is -4.73. The van der Waals surface area contributed by atoms with E-state index in [1.54, 1.807) is 6.08 Å². The lowest BCUT2D eigenvalue weighted by molar-refractivity contribution is -0.339. The van der Waals surface area contributed by atoms with Gasteiger partial charge in [0.1, 0.15) is 24.4 Å². The summed E-state index contributed by atoms with van der Waals surface area (Å²) in [6, 6.07) is 0. The number of carbonyl (C=O) groups is 1. The number of esters is 1. The smallest absolute Gasteiger partial charge is 0.337 e. The number of ether oxygens (including phenoxy) is 4. The average Bonchev–Trinajstić information content (AvgIpc) is 3.12. The zero-order chi connectivity index (χ0) is 19.7. The maximum absolute atomic E-state index is 12.0. The highest BCUT2D eigenvalue weighted by Crippen LogP contribution is 2.44. The Morgan fingerprint density at radius 3 is 2.56 bits per heavy atom. The summed E-state index contributed by atoms with van der Waals surface area (Å²) in [4.78, 5) is 12.0. The molecule has 10 nitrogen and oxygen atoms in total. The van der Waals surface area contributed by atoms with Gasteiger partial charge in [-0.25, -0.2) is 4.79 Å². The largest absolute Gasteiger partial charge is 0.471 e. The van der Waals surface area contributed by atoms with E-state index in [1.807, 2.05) is 0 Å². The van der Waals surface area contributed by atoms with Crippen molar-refractivity contribution in [2.45, 2.75) is 43.4 Å². The fourth-order valence-corrected chi connectivity index (χ4v) is 3.73. The number of methoxy groups -OCH3 is 1. The fraction of sp³-hybridized carbons (Fsp3) is 0.706. The maximum Gasteiger partial charge on any atom is 0.337 e. The van der Waals surface area contributed by atoms with E-state index in [0.29, 0.717) is 17.6 Å². The summed E-state index contributed by atoms with van der Waals surface area (Å²) >= 11 is 0. The monoisotopic (exact) mass is 388 g/mol. The first-order chi connectivity index (χ1) is 12.9. The Kier molecular flexibility index (Phi) is 6.16. The third-order valence-corrected chi connectivity index (χ3v) is 5.24. The molecule has 5 N–H and O–H groups in total. The van der Waals surface area contributed by atoms with E-state index in [4.69, 9.17) is 18.9 Å². The van der Waals surface area contributed by atoms with Gasteiger partial charge in [0.25, 0.3) is 0 Å². The van der Waals surface area contributed by atoms with Crippen LogP contribution in [0.2, 0.25) is 0 Å². The van der Waals surface area contributed by atoms with Crippen LogP contribution in [-0.4, -0.2) is 88.8 Å². The van der Waals surface area contributed by atoms with Gasteiger partial charge in [-0.1, -0.05) is 6.08 Å². The van der Waals surface area contributed by atoms with Gasteiger partial charge in [0, 0.05) is 5.92 Å². The third-order valence-electron chi connectivity index (χ3n) is 5.24. The minimum absolute atomic E-state index is 0.270. The molecule has 0 aromatic heterocycles. The van der Waals surface area contributed by atoms with Crippen LogP contribution in [0.15, 0.2) is 23.5 Å². The van der Waals surface area contributed by atoms with Crippen molar-refractivity contribution in [1.29, 1.82) is 0 Å². The number of carbonyl (C=O) groups excluding carboxylic acids is 1. The minimum atomic E-state index is -1.59. The maximum atomic E-state index is 12.0. The molecule has 0 radical (unpaired) electrons. The quantitative estimate of drug-likeness (QED) is 0.258. The Morgan fingerprint density at radius 1 is 1.19 bits per heavy atom. The molecule has 0 aromatic carbocycles. The molecule has 3 rings (SSSR count). The van der Waals surface area contributed by atoms with Crippen LogP contribution in [0.5, 0.6) is 0 Å². The van der Waals surface area contributed by atoms with Crippen molar-refractivity contribution in [1.82, 2.24) is 0 Å².